The first kappa shape index (κ1) is 8.51. The maximum Gasteiger partial charge on any atom is 0.102 e. The number of halogens is 2. The topological polar surface area (TPSA) is 36.7 Å². The number of aromatic nitrogens is 1. The lowest BCUT2D eigenvalue weighted by atomic mass is 10.3. The highest BCUT2D eigenvalue weighted by Crippen LogP contribution is 2.15. The molecule has 0 atom stereocenters. The fourth-order valence-electron chi connectivity index (χ4n) is 0.626. The van der Waals surface area contributed by atoms with Crippen LogP contribution in [0.15, 0.2) is 12.3 Å². The predicted octanol–water partition coefficient (Wildman–Crippen LogP) is 2.50. The van der Waals surface area contributed by atoms with E-state index in [-0.39, 0.29) is 0 Å². The zero-order valence-electron chi connectivity index (χ0n) is 5.51. The van der Waals surface area contributed by atoms with E-state index in [1.165, 1.54) is 6.20 Å². The minimum Gasteiger partial charge on any atom is -0.259 e. The molecule has 0 aliphatic carbocycles. The highest BCUT2D eigenvalue weighted by atomic mass is 79.9. The Morgan fingerprint density at radius 1 is 1.73 bits per heavy atom. The molecule has 0 N–H and O–H groups in total. The molecule has 0 fully saturated rings. The highest BCUT2D eigenvalue weighted by Gasteiger charge is 2.00. The molecule has 1 aromatic rings. The first-order valence-electron chi connectivity index (χ1n) is 2.88. The van der Waals surface area contributed by atoms with E-state index in [4.69, 9.17) is 16.9 Å². The van der Waals surface area contributed by atoms with Crippen LogP contribution in [0.3, 0.4) is 0 Å². The molecule has 0 amide bonds. The normalized spacial score (nSPS) is 9.18. The summed E-state index contributed by atoms with van der Waals surface area (Å²) in [7, 11) is 0. The van der Waals surface area contributed by atoms with Crippen molar-refractivity contribution in [1.82, 2.24) is 4.98 Å². The molecule has 0 aliphatic rings. The summed E-state index contributed by atoms with van der Waals surface area (Å²) in [6, 6.07) is 3.61. The molecule has 0 saturated heterocycles. The number of hydrogen-bond acceptors (Lipinski definition) is 2. The third kappa shape index (κ3) is 1.92. The van der Waals surface area contributed by atoms with E-state index in [0.717, 1.165) is 5.69 Å². The Kier molecular flexibility index (Phi) is 2.86. The fraction of sp³-hybridized carbons (Fsp3) is 0.143. The van der Waals surface area contributed by atoms with Gasteiger partial charge in [0.25, 0.3) is 0 Å². The SMILES string of the molecule is N#Cc1cnc(CBr)cc1Cl. The molecule has 0 spiro atoms. The Morgan fingerprint density at radius 2 is 2.45 bits per heavy atom. The summed E-state index contributed by atoms with van der Waals surface area (Å²) in [5.74, 6) is 0. The quantitative estimate of drug-likeness (QED) is 0.696. The molecular weight excluding hydrogens is 227 g/mol. The van der Waals surface area contributed by atoms with Gasteiger partial charge in [-0.3, -0.25) is 4.98 Å². The van der Waals surface area contributed by atoms with Gasteiger partial charge in [-0.25, -0.2) is 0 Å². The van der Waals surface area contributed by atoms with Crippen LogP contribution in [-0.2, 0) is 5.33 Å². The predicted molar refractivity (Wildman–Crippen MR) is 46.6 cm³/mol. The van der Waals surface area contributed by atoms with E-state index in [1.54, 1.807) is 6.07 Å². The van der Waals surface area contributed by atoms with Crippen LogP contribution < -0.4 is 0 Å². The van der Waals surface area contributed by atoms with Crippen molar-refractivity contribution in [2.45, 2.75) is 5.33 Å². The molecule has 56 valence electrons. The average molecular weight is 231 g/mol. The summed E-state index contributed by atoms with van der Waals surface area (Å²) < 4.78 is 0. The Bertz CT molecular complexity index is 306. The maximum absolute atomic E-state index is 8.50. The number of nitriles is 1. The second-order valence-electron chi connectivity index (χ2n) is 1.90. The fourth-order valence-corrected chi connectivity index (χ4v) is 1.15. The minimum absolute atomic E-state index is 0.413. The van der Waals surface area contributed by atoms with Crippen molar-refractivity contribution in [1.29, 1.82) is 5.26 Å². The van der Waals surface area contributed by atoms with Crippen LogP contribution in [0.25, 0.3) is 0 Å². The molecule has 0 aromatic carbocycles. The van der Waals surface area contributed by atoms with Crippen molar-refractivity contribution in [3.05, 3.63) is 28.5 Å². The minimum atomic E-state index is 0.413. The number of rotatable bonds is 1. The van der Waals surface area contributed by atoms with Crippen molar-refractivity contribution in [2.75, 3.05) is 0 Å². The second kappa shape index (κ2) is 3.70. The van der Waals surface area contributed by atoms with Crippen LogP contribution in [0.2, 0.25) is 5.02 Å². The van der Waals surface area contributed by atoms with E-state index in [9.17, 15) is 0 Å². The summed E-state index contributed by atoms with van der Waals surface area (Å²) in [5, 5.41) is 9.60. The number of hydrogen-bond donors (Lipinski definition) is 0. The van der Waals surface area contributed by atoms with Gasteiger partial charge in [0.2, 0.25) is 0 Å². The van der Waals surface area contributed by atoms with Gasteiger partial charge in [-0.1, -0.05) is 27.5 Å². The van der Waals surface area contributed by atoms with E-state index < -0.39 is 0 Å². The first-order chi connectivity index (χ1) is 5.27. The smallest absolute Gasteiger partial charge is 0.102 e. The summed E-state index contributed by atoms with van der Waals surface area (Å²) in [6.45, 7) is 0. The molecule has 4 heteroatoms. The number of pyridine rings is 1. The molecule has 1 rings (SSSR count). The van der Waals surface area contributed by atoms with E-state index >= 15 is 0 Å². The standard InChI is InChI=1S/C7H4BrClN2/c8-2-6-1-7(9)5(3-10)4-11-6/h1,4H,2H2. The van der Waals surface area contributed by atoms with Crippen LogP contribution in [0.5, 0.6) is 0 Å². The van der Waals surface area contributed by atoms with Gasteiger partial charge in [0, 0.05) is 11.5 Å². The molecule has 0 bridgehead atoms. The Morgan fingerprint density at radius 3 is 2.91 bits per heavy atom. The molecule has 0 radical (unpaired) electrons. The summed E-state index contributed by atoms with van der Waals surface area (Å²) in [4.78, 5) is 3.98. The van der Waals surface area contributed by atoms with E-state index in [1.807, 2.05) is 6.07 Å². The van der Waals surface area contributed by atoms with Crippen molar-refractivity contribution in [3.63, 3.8) is 0 Å². The molecular formula is C7H4BrClN2. The van der Waals surface area contributed by atoms with Gasteiger partial charge < -0.3 is 0 Å². The van der Waals surface area contributed by atoms with Gasteiger partial charge in [0.15, 0.2) is 0 Å². The Balaban J connectivity index is 3.12. The summed E-state index contributed by atoms with van der Waals surface area (Å²) in [5.41, 5.74) is 1.24. The summed E-state index contributed by atoms with van der Waals surface area (Å²) in [6.07, 6.45) is 1.47. The van der Waals surface area contributed by atoms with Gasteiger partial charge in [-0.15, -0.1) is 0 Å². The monoisotopic (exact) mass is 230 g/mol. The van der Waals surface area contributed by atoms with E-state index in [0.29, 0.717) is 15.9 Å². The molecule has 1 aromatic heterocycles. The van der Waals surface area contributed by atoms with Gasteiger partial charge in [0.05, 0.1) is 16.3 Å². The Labute approximate surface area is 77.9 Å². The molecule has 0 unspecified atom stereocenters. The van der Waals surface area contributed by atoms with Crippen LogP contribution in [0, 0.1) is 11.3 Å². The number of alkyl halides is 1. The maximum atomic E-state index is 8.50. The van der Waals surface area contributed by atoms with Gasteiger partial charge in [-0.2, -0.15) is 5.26 Å². The lowest BCUT2D eigenvalue weighted by molar-refractivity contribution is 1.17. The van der Waals surface area contributed by atoms with Crippen molar-refractivity contribution in [2.24, 2.45) is 0 Å². The van der Waals surface area contributed by atoms with Crippen LogP contribution in [0.1, 0.15) is 11.3 Å². The summed E-state index contributed by atoms with van der Waals surface area (Å²) >= 11 is 8.96. The third-order valence-corrected chi connectivity index (χ3v) is 2.05. The molecule has 1 heterocycles. The largest absolute Gasteiger partial charge is 0.259 e. The lowest BCUT2D eigenvalue weighted by Crippen LogP contribution is -1.86. The third-order valence-electron chi connectivity index (χ3n) is 1.17. The highest BCUT2D eigenvalue weighted by molar-refractivity contribution is 9.08. The second-order valence-corrected chi connectivity index (χ2v) is 2.87. The van der Waals surface area contributed by atoms with Gasteiger partial charge >= 0.3 is 0 Å². The zero-order valence-corrected chi connectivity index (χ0v) is 7.85. The molecule has 2 nitrogen and oxygen atoms in total. The first-order valence-corrected chi connectivity index (χ1v) is 4.38. The molecule has 0 saturated carbocycles. The lowest BCUT2D eigenvalue weighted by Gasteiger charge is -1.95. The van der Waals surface area contributed by atoms with Crippen LogP contribution in [0.4, 0.5) is 0 Å². The average Bonchev–Trinajstić information content (AvgIpc) is 2.04. The van der Waals surface area contributed by atoms with Gasteiger partial charge in [-0.05, 0) is 6.07 Å². The van der Waals surface area contributed by atoms with Crippen molar-refractivity contribution < 1.29 is 0 Å². The van der Waals surface area contributed by atoms with Gasteiger partial charge in [0.1, 0.15) is 6.07 Å². The van der Waals surface area contributed by atoms with Crippen LogP contribution >= 0.6 is 27.5 Å². The molecule has 0 aliphatic heterocycles. The van der Waals surface area contributed by atoms with Crippen molar-refractivity contribution >= 4 is 27.5 Å². The van der Waals surface area contributed by atoms with E-state index in [2.05, 4.69) is 20.9 Å². The Hall–Kier alpha value is -0.590. The van der Waals surface area contributed by atoms with Crippen LogP contribution in [-0.4, -0.2) is 4.98 Å². The van der Waals surface area contributed by atoms with Crippen molar-refractivity contribution in [3.8, 4) is 6.07 Å². The zero-order chi connectivity index (χ0) is 8.27. The number of nitrogens with zero attached hydrogens (tertiary/aromatic N) is 2. The molecule has 11 heavy (non-hydrogen) atoms.